The van der Waals surface area contributed by atoms with Crippen LogP contribution in [0.15, 0.2) is 30.3 Å². The van der Waals surface area contributed by atoms with Crippen molar-refractivity contribution in [1.29, 1.82) is 0 Å². The molecule has 1 N–H and O–H groups in total. The van der Waals surface area contributed by atoms with Gasteiger partial charge in [0.15, 0.2) is 0 Å². The summed E-state index contributed by atoms with van der Waals surface area (Å²) in [7, 11) is 1.86. The summed E-state index contributed by atoms with van der Waals surface area (Å²) in [6, 6.07) is 10.3. The van der Waals surface area contributed by atoms with Gasteiger partial charge in [-0.15, -0.1) is 0 Å². The number of aliphatic hydroxyl groups excluding tert-OH is 1. The standard InChI is InChI=1S/C12H15NOS/c1-13-11(14)7-10(8-12(13)15)9-5-3-2-4-6-9/h2-6,10-11,14H,7-8H2,1H3/t10-,11-/m1/s1. The number of benzene rings is 1. The first kappa shape index (κ1) is 10.6. The maximum absolute atomic E-state index is 9.82. The SMILES string of the molecule is CN1C(=S)C[C@H](c2ccccc2)C[C@H]1O. The van der Waals surface area contributed by atoms with Crippen molar-refractivity contribution in [2.24, 2.45) is 0 Å². The van der Waals surface area contributed by atoms with E-state index in [1.807, 2.05) is 25.2 Å². The number of hydrogen-bond acceptors (Lipinski definition) is 2. The number of hydrogen-bond donors (Lipinski definition) is 1. The van der Waals surface area contributed by atoms with Crippen molar-refractivity contribution < 1.29 is 5.11 Å². The van der Waals surface area contributed by atoms with Gasteiger partial charge in [0.2, 0.25) is 0 Å². The highest BCUT2D eigenvalue weighted by atomic mass is 32.1. The molecule has 0 bridgehead atoms. The van der Waals surface area contributed by atoms with E-state index < -0.39 is 6.23 Å². The van der Waals surface area contributed by atoms with Gasteiger partial charge in [0, 0.05) is 13.5 Å². The van der Waals surface area contributed by atoms with Crippen molar-refractivity contribution in [2.75, 3.05) is 7.05 Å². The Morgan fingerprint density at radius 2 is 2.00 bits per heavy atom. The molecule has 80 valence electrons. The molecule has 1 saturated heterocycles. The Kier molecular flexibility index (Phi) is 3.03. The molecular formula is C12H15NOS. The molecule has 0 aromatic heterocycles. The maximum atomic E-state index is 9.82. The summed E-state index contributed by atoms with van der Waals surface area (Å²) in [6.07, 6.45) is 1.20. The predicted octanol–water partition coefficient (Wildman–Crippen LogP) is 2.14. The lowest BCUT2D eigenvalue weighted by atomic mass is 9.89. The monoisotopic (exact) mass is 221 g/mol. The van der Waals surface area contributed by atoms with Crippen molar-refractivity contribution in [3.05, 3.63) is 35.9 Å². The van der Waals surface area contributed by atoms with E-state index in [1.54, 1.807) is 4.90 Å². The van der Waals surface area contributed by atoms with Crippen LogP contribution in [0.2, 0.25) is 0 Å². The highest BCUT2D eigenvalue weighted by molar-refractivity contribution is 7.80. The van der Waals surface area contributed by atoms with Crippen LogP contribution >= 0.6 is 12.2 Å². The molecule has 0 aliphatic carbocycles. The van der Waals surface area contributed by atoms with Crippen LogP contribution in [0.5, 0.6) is 0 Å². The number of thiocarbonyl (C=S) groups is 1. The predicted molar refractivity (Wildman–Crippen MR) is 64.8 cm³/mol. The van der Waals surface area contributed by atoms with Crippen LogP contribution in [-0.2, 0) is 0 Å². The van der Waals surface area contributed by atoms with Crippen molar-refractivity contribution in [3.63, 3.8) is 0 Å². The first-order valence-electron chi connectivity index (χ1n) is 5.17. The van der Waals surface area contributed by atoms with Crippen molar-refractivity contribution in [1.82, 2.24) is 4.90 Å². The molecule has 3 heteroatoms. The van der Waals surface area contributed by atoms with Crippen molar-refractivity contribution >= 4 is 17.2 Å². The minimum Gasteiger partial charge on any atom is -0.374 e. The highest BCUT2D eigenvalue weighted by Gasteiger charge is 2.28. The fraction of sp³-hybridized carbons (Fsp3) is 0.417. The van der Waals surface area contributed by atoms with Crippen molar-refractivity contribution in [3.8, 4) is 0 Å². The summed E-state index contributed by atoms with van der Waals surface area (Å²) in [5, 5.41) is 9.82. The molecule has 1 aromatic rings. The Balaban J connectivity index is 2.16. The molecule has 1 aliphatic rings. The number of aliphatic hydroxyl groups is 1. The molecule has 15 heavy (non-hydrogen) atoms. The maximum Gasteiger partial charge on any atom is 0.127 e. The minimum absolute atomic E-state index is 0.366. The van der Waals surface area contributed by atoms with E-state index in [-0.39, 0.29) is 0 Å². The first-order valence-corrected chi connectivity index (χ1v) is 5.58. The van der Waals surface area contributed by atoms with Crippen LogP contribution in [-0.4, -0.2) is 28.3 Å². The van der Waals surface area contributed by atoms with E-state index in [2.05, 4.69) is 12.1 Å². The second-order valence-electron chi connectivity index (χ2n) is 4.03. The molecule has 0 spiro atoms. The van der Waals surface area contributed by atoms with E-state index >= 15 is 0 Å². The molecule has 1 fully saturated rings. The summed E-state index contributed by atoms with van der Waals surface area (Å²) >= 11 is 5.25. The van der Waals surface area contributed by atoms with Gasteiger partial charge in [-0.1, -0.05) is 42.5 Å². The van der Waals surface area contributed by atoms with Gasteiger partial charge in [0.25, 0.3) is 0 Å². The van der Waals surface area contributed by atoms with E-state index in [0.717, 1.165) is 17.8 Å². The molecule has 1 heterocycles. The van der Waals surface area contributed by atoms with Crippen molar-refractivity contribution in [2.45, 2.75) is 25.0 Å². The lowest BCUT2D eigenvalue weighted by Crippen LogP contribution is -2.42. The van der Waals surface area contributed by atoms with Gasteiger partial charge in [-0.05, 0) is 17.9 Å². The zero-order chi connectivity index (χ0) is 10.8. The Labute approximate surface area is 95.5 Å². The molecule has 2 rings (SSSR count). The summed E-state index contributed by atoms with van der Waals surface area (Å²) < 4.78 is 0. The molecular weight excluding hydrogens is 206 g/mol. The summed E-state index contributed by atoms with van der Waals surface area (Å²) in [6.45, 7) is 0. The zero-order valence-electron chi connectivity index (χ0n) is 8.76. The van der Waals surface area contributed by atoms with Gasteiger partial charge in [0.05, 0.1) is 4.99 Å². The minimum atomic E-state index is -0.434. The quantitative estimate of drug-likeness (QED) is 0.735. The highest BCUT2D eigenvalue weighted by Crippen LogP contribution is 2.31. The number of nitrogens with zero attached hydrogens (tertiary/aromatic N) is 1. The largest absolute Gasteiger partial charge is 0.374 e. The van der Waals surface area contributed by atoms with E-state index in [1.165, 1.54) is 5.56 Å². The Bertz CT molecular complexity index is 352. The number of likely N-dealkylation sites (tertiary alicyclic amines) is 1. The van der Waals surface area contributed by atoms with Gasteiger partial charge < -0.3 is 10.0 Å². The topological polar surface area (TPSA) is 23.5 Å². The summed E-state index contributed by atoms with van der Waals surface area (Å²) in [5.41, 5.74) is 1.27. The molecule has 0 saturated carbocycles. The number of rotatable bonds is 1. The second-order valence-corrected chi connectivity index (χ2v) is 4.50. The fourth-order valence-corrected chi connectivity index (χ4v) is 2.32. The van der Waals surface area contributed by atoms with Gasteiger partial charge >= 0.3 is 0 Å². The molecule has 0 radical (unpaired) electrons. The smallest absolute Gasteiger partial charge is 0.127 e. The average molecular weight is 221 g/mol. The van der Waals surface area contributed by atoms with Crippen LogP contribution in [0.3, 0.4) is 0 Å². The van der Waals surface area contributed by atoms with Gasteiger partial charge in [0.1, 0.15) is 6.23 Å². The third kappa shape index (κ3) is 2.19. The van der Waals surface area contributed by atoms with Gasteiger partial charge in [-0.3, -0.25) is 0 Å². The van der Waals surface area contributed by atoms with Gasteiger partial charge in [-0.25, -0.2) is 0 Å². The number of piperidine rings is 1. The Morgan fingerprint density at radius 3 is 2.60 bits per heavy atom. The van der Waals surface area contributed by atoms with Crippen LogP contribution in [0.25, 0.3) is 0 Å². The van der Waals surface area contributed by atoms with E-state index in [0.29, 0.717) is 5.92 Å². The van der Waals surface area contributed by atoms with E-state index in [4.69, 9.17) is 12.2 Å². The molecule has 1 aliphatic heterocycles. The van der Waals surface area contributed by atoms with Crippen LogP contribution in [0, 0.1) is 0 Å². The Morgan fingerprint density at radius 1 is 1.33 bits per heavy atom. The lowest BCUT2D eigenvalue weighted by Gasteiger charge is -2.35. The van der Waals surface area contributed by atoms with Crippen LogP contribution < -0.4 is 0 Å². The molecule has 1 aromatic carbocycles. The molecule has 0 unspecified atom stereocenters. The first-order chi connectivity index (χ1) is 7.18. The second kappa shape index (κ2) is 4.29. The summed E-state index contributed by atoms with van der Waals surface area (Å²) in [4.78, 5) is 2.64. The fourth-order valence-electron chi connectivity index (χ4n) is 2.00. The molecule has 2 atom stereocenters. The molecule has 0 amide bonds. The third-order valence-corrected chi connectivity index (χ3v) is 3.48. The normalized spacial score (nSPS) is 26.8. The van der Waals surface area contributed by atoms with Gasteiger partial charge in [-0.2, -0.15) is 0 Å². The third-order valence-electron chi connectivity index (χ3n) is 3.03. The van der Waals surface area contributed by atoms with Crippen LogP contribution in [0.1, 0.15) is 24.3 Å². The Hall–Kier alpha value is -0.930. The zero-order valence-corrected chi connectivity index (χ0v) is 9.57. The average Bonchev–Trinajstić information content (AvgIpc) is 2.26. The van der Waals surface area contributed by atoms with Crippen LogP contribution in [0.4, 0.5) is 0 Å². The lowest BCUT2D eigenvalue weighted by molar-refractivity contribution is 0.0438. The summed E-state index contributed by atoms with van der Waals surface area (Å²) in [5.74, 6) is 0.366. The molecule has 2 nitrogen and oxygen atoms in total. The van der Waals surface area contributed by atoms with E-state index in [9.17, 15) is 5.11 Å².